The summed E-state index contributed by atoms with van der Waals surface area (Å²) in [5.74, 6) is -0.322. The first kappa shape index (κ1) is 13.2. The maximum absolute atomic E-state index is 11.9. The molecule has 1 atom stereocenters. The van der Waals surface area contributed by atoms with Crippen LogP contribution in [0.15, 0.2) is 18.2 Å². The summed E-state index contributed by atoms with van der Waals surface area (Å²) < 4.78 is 0. The summed E-state index contributed by atoms with van der Waals surface area (Å²) in [5, 5.41) is 6.16. The van der Waals surface area contributed by atoms with Gasteiger partial charge in [-0.05, 0) is 31.0 Å². The summed E-state index contributed by atoms with van der Waals surface area (Å²) >= 11 is 11.6. The minimum atomic E-state index is -0.472. The number of hydrogen-bond donors (Lipinski definition) is 2. The van der Waals surface area contributed by atoms with E-state index in [1.54, 1.807) is 18.2 Å². The summed E-state index contributed by atoms with van der Waals surface area (Å²) in [6.45, 7) is 0. The van der Waals surface area contributed by atoms with E-state index in [2.05, 4.69) is 10.6 Å². The highest BCUT2D eigenvalue weighted by atomic mass is 35.5. The SMILES string of the molecule is O=C1CCC[C@H](C(=O)Nc2ccc(Cl)c(Cl)c2)N1. The minimum absolute atomic E-state index is 0.0875. The van der Waals surface area contributed by atoms with Crippen molar-refractivity contribution in [2.45, 2.75) is 25.3 Å². The van der Waals surface area contributed by atoms with Crippen LogP contribution in [0.3, 0.4) is 0 Å². The van der Waals surface area contributed by atoms with Crippen LogP contribution in [0.1, 0.15) is 19.3 Å². The highest BCUT2D eigenvalue weighted by molar-refractivity contribution is 6.42. The van der Waals surface area contributed by atoms with Crippen molar-refractivity contribution in [2.75, 3.05) is 5.32 Å². The Morgan fingerprint density at radius 1 is 1.33 bits per heavy atom. The predicted molar refractivity (Wildman–Crippen MR) is 70.9 cm³/mol. The normalized spacial score (nSPS) is 19.2. The Labute approximate surface area is 115 Å². The van der Waals surface area contributed by atoms with E-state index in [9.17, 15) is 9.59 Å². The first-order valence-electron chi connectivity index (χ1n) is 5.61. The molecule has 1 aliphatic heterocycles. The molecule has 6 heteroatoms. The summed E-state index contributed by atoms with van der Waals surface area (Å²) in [6, 6.07) is 4.38. The molecule has 2 N–H and O–H groups in total. The first-order chi connectivity index (χ1) is 8.56. The molecule has 1 aromatic carbocycles. The van der Waals surface area contributed by atoms with Gasteiger partial charge in [0.2, 0.25) is 11.8 Å². The van der Waals surface area contributed by atoms with Gasteiger partial charge in [-0.3, -0.25) is 9.59 Å². The third-order valence-electron chi connectivity index (χ3n) is 2.74. The Morgan fingerprint density at radius 2 is 2.11 bits per heavy atom. The van der Waals surface area contributed by atoms with Crippen LogP contribution in [0.25, 0.3) is 0 Å². The van der Waals surface area contributed by atoms with Crippen LogP contribution in [0, 0.1) is 0 Å². The van der Waals surface area contributed by atoms with E-state index < -0.39 is 6.04 Å². The fraction of sp³-hybridized carbons (Fsp3) is 0.333. The van der Waals surface area contributed by atoms with Crippen molar-refractivity contribution in [3.8, 4) is 0 Å². The lowest BCUT2D eigenvalue weighted by atomic mass is 10.0. The van der Waals surface area contributed by atoms with Crippen LogP contribution in [0.4, 0.5) is 5.69 Å². The van der Waals surface area contributed by atoms with Crippen molar-refractivity contribution in [1.29, 1.82) is 0 Å². The molecule has 2 amide bonds. The zero-order chi connectivity index (χ0) is 13.1. The highest BCUT2D eigenvalue weighted by Crippen LogP contribution is 2.25. The molecule has 0 spiro atoms. The van der Waals surface area contributed by atoms with Crippen molar-refractivity contribution in [2.24, 2.45) is 0 Å². The standard InChI is InChI=1S/C12H12Cl2N2O2/c13-8-5-4-7(6-9(8)14)15-12(18)10-2-1-3-11(17)16-10/h4-6,10H,1-3H2,(H,15,18)(H,16,17)/t10-/m1/s1. The molecule has 0 radical (unpaired) electrons. The lowest BCUT2D eigenvalue weighted by molar-refractivity contribution is -0.128. The molecule has 1 aliphatic rings. The number of halogens is 2. The Kier molecular flexibility index (Phi) is 4.09. The van der Waals surface area contributed by atoms with Gasteiger partial charge in [-0.1, -0.05) is 23.2 Å². The van der Waals surface area contributed by atoms with Gasteiger partial charge in [0, 0.05) is 12.1 Å². The van der Waals surface area contributed by atoms with Crippen molar-refractivity contribution >= 4 is 40.7 Å². The monoisotopic (exact) mass is 286 g/mol. The van der Waals surface area contributed by atoms with Gasteiger partial charge in [-0.15, -0.1) is 0 Å². The van der Waals surface area contributed by atoms with Gasteiger partial charge < -0.3 is 10.6 Å². The van der Waals surface area contributed by atoms with Crippen LogP contribution >= 0.6 is 23.2 Å². The van der Waals surface area contributed by atoms with Crippen LogP contribution in [0.5, 0.6) is 0 Å². The molecular weight excluding hydrogens is 275 g/mol. The van der Waals surface area contributed by atoms with Gasteiger partial charge in [0.1, 0.15) is 6.04 Å². The van der Waals surface area contributed by atoms with Crippen molar-refractivity contribution in [3.05, 3.63) is 28.2 Å². The van der Waals surface area contributed by atoms with Crippen molar-refractivity contribution in [3.63, 3.8) is 0 Å². The lowest BCUT2D eigenvalue weighted by Gasteiger charge is -2.22. The van der Waals surface area contributed by atoms with Crippen LogP contribution in [0.2, 0.25) is 10.0 Å². The molecule has 0 saturated carbocycles. The molecule has 1 saturated heterocycles. The second-order valence-corrected chi connectivity index (χ2v) is 4.94. The van der Waals surface area contributed by atoms with Crippen LogP contribution in [-0.2, 0) is 9.59 Å². The maximum atomic E-state index is 11.9. The molecule has 0 unspecified atom stereocenters. The third kappa shape index (κ3) is 3.15. The lowest BCUT2D eigenvalue weighted by Crippen LogP contribution is -2.46. The quantitative estimate of drug-likeness (QED) is 0.878. The average molecular weight is 287 g/mol. The van der Waals surface area contributed by atoms with E-state index in [-0.39, 0.29) is 11.8 Å². The number of rotatable bonds is 2. The minimum Gasteiger partial charge on any atom is -0.344 e. The molecule has 0 bridgehead atoms. The molecular formula is C12H12Cl2N2O2. The first-order valence-corrected chi connectivity index (χ1v) is 6.37. The molecule has 1 fully saturated rings. The van der Waals surface area contributed by atoms with Crippen molar-refractivity contribution in [1.82, 2.24) is 5.32 Å². The Balaban J connectivity index is 2.02. The van der Waals surface area contributed by atoms with Crippen LogP contribution < -0.4 is 10.6 Å². The van der Waals surface area contributed by atoms with E-state index in [1.165, 1.54) is 0 Å². The van der Waals surface area contributed by atoms with Gasteiger partial charge in [0.15, 0.2) is 0 Å². The summed E-state index contributed by atoms with van der Waals surface area (Å²) in [7, 11) is 0. The number of carbonyl (C=O) groups is 2. The average Bonchev–Trinajstić information content (AvgIpc) is 2.34. The fourth-order valence-corrected chi connectivity index (χ4v) is 2.10. The number of benzene rings is 1. The van der Waals surface area contributed by atoms with Crippen molar-refractivity contribution < 1.29 is 9.59 Å². The van der Waals surface area contributed by atoms with Gasteiger partial charge in [-0.25, -0.2) is 0 Å². The smallest absolute Gasteiger partial charge is 0.246 e. The van der Waals surface area contributed by atoms with Gasteiger partial charge in [0.05, 0.1) is 10.0 Å². The number of hydrogen-bond acceptors (Lipinski definition) is 2. The number of carbonyl (C=O) groups excluding carboxylic acids is 2. The van der Waals surface area contributed by atoms with Crippen LogP contribution in [-0.4, -0.2) is 17.9 Å². The zero-order valence-electron chi connectivity index (χ0n) is 9.50. The number of amides is 2. The topological polar surface area (TPSA) is 58.2 Å². The fourth-order valence-electron chi connectivity index (χ4n) is 1.81. The Morgan fingerprint density at radius 3 is 2.78 bits per heavy atom. The molecule has 1 heterocycles. The van der Waals surface area contributed by atoms with E-state index >= 15 is 0 Å². The van der Waals surface area contributed by atoms with E-state index in [4.69, 9.17) is 23.2 Å². The van der Waals surface area contributed by atoms with Gasteiger partial charge in [-0.2, -0.15) is 0 Å². The van der Waals surface area contributed by atoms with Gasteiger partial charge >= 0.3 is 0 Å². The summed E-state index contributed by atoms with van der Waals surface area (Å²) in [4.78, 5) is 23.1. The Hall–Kier alpha value is -1.26. The molecule has 1 aromatic rings. The number of piperidine rings is 1. The molecule has 4 nitrogen and oxygen atoms in total. The second kappa shape index (κ2) is 5.59. The highest BCUT2D eigenvalue weighted by Gasteiger charge is 2.24. The molecule has 96 valence electrons. The zero-order valence-corrected chi connectivity index (χ0v) is 11.0. The maximum Gasteiger partial charge on any atom is 0.246 e. The summed E-state index contributed by atoms with van der Waals surface area (Å²) in [6.07, 6.45) is 1.86. The largest absolute Gasteiger partial charge is 0.344 e. The predicted octanol–water partition coefficient (Wildman–Crippen LogP) is 2.60. The molecule has 0 aliphatic carbocycles. The molecule has 0 aromatic heterocycles. The second-order valence-electron chi connectivity index (χ2n) is 4.13. The van der Waals surface area contributed by atoms with Gasteiger partial charge in [0.25, 0.3) is 0 Å². The third-order valence-corrected chi connectivity index (χ3v) is 3.47. The molecule has 18 heavy (non-hydrogen) atoms. The summed E-state index contributed by atoms with van der Waals surface area (Å²) in [5.41, 5.74) is 0.564. The number of anilines is 1. The van der Waals surface area contributed by atoms with E-state index in [1.807, 2.05) is 0 Å². The van der Waals surface area contributed by atoms with E-state index in [0.29, 0.717) is 28.6 Å². The number of nitrogens with one attached hydrogen (secondary N) is 2. The Bertz CT molecular complexity index is 491. The molecule has 2 rings (SSSR count). The van der Waals surface area contributed by atoms with E-state index in [0.717, 1.165) is 6.42 Å².